The lowest BCUT2D eigenvalue weighted by atomic mass is 9.99. The highest BCUT2D eigenvalue weighted by Crippen LogP contribution is 2.37. The lowest BCUT2D eigenvalue weighted by molar-refractivity contribution is -0.122. The fraction of sp³-hybridized carbons (Fsp3) is 0.214. The van der Waals surface area contributed by atoms with Crippen LogP contribution in [0, 0.1) is 0 Å². The van der Waals surface area contributed by atoms with Crippen LogP contribution in [0.15, 0.2) is 78.4 Å². The van der Waals surface area contributed by atoms with Gasteiger partial charge in [-0.3, -0.25) is 9.59 Å². The van der Waals surface area contributed by atoms with Crippen molar-refractivity contribution >= 4 is 26.7 Å². The number of rotatable bonds is 5. The van der Waals surface area contributed by atoms with Crippen molar-refractivity contribution in [2.45, 2.75) is 26.4 Å². The lowest BCUT2D eigenvalue weighted by Crippen LogP contribution is -2.36. The molecule has 0 aromatic heterocycles. The van der Waals surface area contributed by atoms with Crippen molar-refractivity contribution in [2.75, 3.05) is 13.7 Å². The van der Waals surface area contributed by atoms with Crippen LogP contribution in [0.4, 0.5) is 0 Å². The standard InChI is InChI=1S/C28H26N2O5S/c1-19-26(22-11-13-25(35-2)14-12-22)36(33,34)30(27(19)31)17-20-7-9-23(10-8-20)28(32)29-16-15-21-5-3-4-6-24(21)18-29/h3-14H,15-18H2,1-2H3. The van der Waals surface area contributed by atoms with E-state index < -0.39 is 15.9 Å². The molecular weight excluding hydrogens is 476 g/mol. The molecule has 0 bridgehead atoms. The maximum Gasteiger partial charge on any atom is 0.268 e. The van der Waals surface area contributed by atoms with E-state index >= 15 is 0 Å². The van der Waals surface area contributed by atoms with Crippen molar-refractivity contribution in [3.05, 3.63) is 106 Å². The van der Waals surface area contributed by atoms with Crippen LogP contribution in [0.3, 0.4) is 0 Å². The van der Waals surface area contributed by atoms with Crippen LogP contribution in [0.5, 0.6) is 5.75 Å². The molecule has 36 heavy (non-hydrogen) atoms. The highest BCUT2D eigenvalue weighted by Gasteiger charge is 2.42. The predicted octanol–water partition coefficient (Wildman–Crippen LogP) is 4.00. The van der Waals surface area contributed by atoms with Gasteiger partial charge in [-0.1, -0.05) is 36.4 Å². The molecule has 2 aliphatic rings. The van der Waals surface area contributed by atoms with E-state index in [-0.39, 0.29) is 22.9 Å². The summed E-state index contributed by atoms with van der Waals surface area (Å²) in [6.07, 6.45) is 0.817. The first-order valence-electron chi connectivity index (χ1n) is 11.7. The Kier molecular flexibility index (Phi) is 6.14. The molecule has 0 radical (unpaired) electrons. The Balaban J connectivity index is 1.32. The zero-order valence-electron chi connectivity index (χ0n) is 20.1. The number of sulfonamides is 1. The van der Waals surface area contributed by atoms with E-state index in [9.17, 15) is 18.0 Å². The van der Waals surface area contributed by atoms with E-state index in [0.717, 1.165) is 16.3 Å². The summed E-state index contributed by atoms with van der Waals surface area (Å²) >= 11 is 0. The Hall–Kier alpha value is -3.91. The zero-order valence-corrected chi connectivity index (χ0v) is 20.9. The number of benzene rings is 3. The summed E-state index contributed by atoms with van der Waals surface area (Å²) in [6.45, 7) is 2.63. The minimum absolute atomic E-state index is 0.00679. The lowest BCUT2D eigenvalue weighted by Gasteiger charge is -2.29. The summed E-state index contributed by atoms with van der Waals surface area (Å²) in [4.78, 5) is 27.8. The number of fused-ring (bicyclic) bond motifs is 1. The fourth-order valence-corrected chi connectivity index (χ4v) is 6.53. The highest BCUT2D eigenvalue weighted by atomic mass is 32.2. The predicted molar refractivity (Wildman–Crippen MR) is 136 cm³/mol. The minimum Gasteiger partial charge on any atom is -0.497 e. The molecule has 2 aliphatic heterocycles. The molecule has 3 aromatic carbocycles. The third kappa shape index (κ3) is 4.18. The summed E-state index contributed by atoms with van der Waals surface area (Å²) in [5.41, 5.74) is 4.19. The average molecular weight is 503 g/mol. The Morgan fingerprint density at radius 2 is 1.61 bits per heavy atom. The number of hydrogen-bond acceptors (Lipinski definition) is 5. The number of carbonyl (C=O) groups excluding carboxylic acids is 2. The molecule has 0 atom stereocenters. The molecule has 2 heterocycles. The van der Waals surface area contributed by atoms with Crippen molar-refractivity contribution < 1.29 is 22.7 Å². The number of amides is 2. The third-order valence-corrected chi connectivity index (χ3v) is 8.67. The summed E-state index contributed by atoms with van der Waals surface area (Å²) in [5, 5.41) is 0. The molecule has 0 spiro atoms. The van der Waals surface area contributed by atoms with Crippen LogP contribution >= 0.6 is 0 Å². The van der Waals surface area contributed by atoms with Gasteiger partial charge in [0, 0.05) is 24.2 Å². The number of ether oxygens (including phenoxy) is 1. The largest absolute Gasteiger partial charge is 0.497 e. The smallest absolute Gasteiger partial charge is 0.268 e. The Morgan fingerprint density at radius 3 is 2.28 bits per heavy atom. The topological polar surface area (TPSA) is 84.0 Å². The Morgan fingerprint density at radius 1 is 0.944 bits per heavy atom. The highest BCUT2D eigenvalue weighted by molar-refractivity contribution is 7.99. The zero-order chi connectivity index (χ0) is 25.4. The molecule has 0 fully saturated rings. The number of hydrogen-bond donors (Lipinski definition) is 0. The molecule has 3 aromatic rings. The van der Waals surface area contributed by atoms with E-state index in [1.807, 2.05) is 23.1 Å². The second-order valence-corrected chi connectivity index (χ2v) is 10.7. The van der Waals surface area contributed by atoms with Crippen LogP contribution in [0.2, 0.25) is 0 Å². The maximum absolute atomic E-state index is 13.3. The van der Waals surface area contributed by atoms with Gasteiger partial charge in [-0.15, -0.1) is 0 Å². The first-order chi connectivity index (χ1) is 17.3. The fourth-order valence-electron chi connectivity index (χ4n) is 4.73. The summed E-state index contributed by atoms with van der Waals surface area (Å²) < 4.78 is 32.7. The average Bonchev–Trinajstić information content (AvgIpc) is 3.07. The SMILES string of the molecule is COc1ccc(C2=C(C)C(=O)N(Cc3ccc(C(=O)N4CCc5ccccc5C4)cc3)S2(=O)=O)cc1. The molecular formula is C28H26N2O5S. The molecule has 184 valence electrons. The van der Waals surface area contributed by atoms with Crippen LogP contribution in [-0.2, 0) is 34.3 Å². The number of carbonyl (C=O) groups is 2. The van der Waals surface area contributed by atoms with Gasteiger partial charge in [-0.05, 0) is 72.0 Å². The van der Waals surface area contributed by atoms with Gasteiger partial charge in [-0.2, -0.15) is 0 Å². The van der Waals surface area contributed by atoms with Gasteiger partial charge in [0.25, 0.3) is 21.8 Å². The normalized spacial score (nSPS) is 16.8. The van der Waals surface area contributed by atoms with Crippen molar-refractivity contribution in [3.63, 3.8) is 0 Å². The summed E-state index contributed by atoms with van der Waals surface area (Å²) in [6, 6.07) is 21.5. The molecule has 0 aliphatic carbocycles. The van der Waals surface area contributed by atoms with Gasteiger partial charge in [0.15, 0.2) is 0 Å². The first-order valence-corrected chi connectivity index (χ1v) is 13.1. The van der Waals surface area contributed by atoms with Crippen LogP contribution in [0.1, 0.15) is 39.5 Å². The van der Waals surface area contributed by atoms with Crippen LogP contribution < -0.4 is 4.74 Å². The van der Waals surface area contributed by atoms with Gasteiger partial charge in [0.05, 0.1) is 13.7 Å². The van der Waals surface area contributed by atoms with Crippen molar-refractivity contribution in [3.8, 4) is 5.75 Å². The molecule has 7 nitrogen and oxygen atoms in total. The molecule has 0 N–H and O–H groups in total. The van der Waals surface area contributed by atoms with E-state index in [4.69, 9.17) is 4.74 Å². The minimum atomic E-state index is -4.02. The molecule has 0 saturated heterocycles. The number of nitrogens with zero attached hydrogens (tertiary/aromatic N) is 2. The van der Waals surface area contributed by atoms with Crippen molar-refractivity contribution in [2.24, 2.45) is 0 Å². The van der Waals surface area contributed by atoms with Crippen LogP contribution in [-0.4, -0.2) is 43.1 Å². The van der Waals surface area contributed by atoms with Gasteiger partial charge in [-0.25, -0.2) is 12.7 Å². The van der Waals surface area contributed by atoms with E-state index in [1.54, 1.807) is 48.5 Å². The molecule has 0 unspecified atom stereocenters. The second-order valence-electron chi connectivity index (χ2n) is 8.94. The summed E-state index contributed by atoms with van der Waals surface area (Å²) in [5.74, 6) is -0.0211. The Bertz CT molecular complexity index is 1480. The molecule has 0 saturated carbocycles. The maximum atomic E-state index is 13.3. The monoisotopic (exact) mass is 502 g/mol. The molecule has 5 rings (SSSR count). The van der Waals surface area contributed by atoms with Gasteiger partial charge in [0.1, 0.15) is 10.7 Å². The Labute approximate surface area is 210 Å². The van der Waals surface area contributed by atoms with E-state index in [0.29, 0.717) is 35.5 Å². The third-order valence-electron chi connectivity index (χ3n) is 6.73. The van der Waals surface area contributed by atoms with E-state index in [2.05, 4.69) is 6.07 Å². The second kappa shape index (κ2) is 9.28. The molecule has 2 amide bonds. The van der Waals surface area contributed by atoms with Crippen molar-refractivity contribution in [1.82, 2.24) is 9.21 Å². The van der Waals surface area contributed by atoms with Gasteiger partial charge < -0.3 is 9.64 Å². The first kappa shape index (κ1) is 23.8. The van der Waals surface area contributed by atoms with Crippen molar-refractivity contribution in [1.29, 1.82) is 0 Å². The quantitative estimate of drug-likeness (QED) is 0.527. The van der Waals surface area contributed by atoms with Gasteiger partial charge in [0.2, 0.25) is 0 Å². The molecule has 8 heteroatoms. The van der Waals surface area contributed by atoms with Gasteiger partial charge >= 0.3 is 0 Å². The number of methoxy groups -OCH3 is 1. The summed E-state index contributed by atoms with van der Waals surface area (Å²) in [7, 11) is -2.49. The van der Waals surface area contributed by atoms with E-state index in [1.165, 1.54) is 19.6 Å². The van der Waals surface area contributed by atoms with Crippen LogP contribution in [0.25, 0.3) is 4.91 Å².